The van der Waals surface area contributed by atoms with Crippen LogP contribution in [0.5, 0.6) is 0 Å². The van der Waals surface area contributed by atoms with E-state index in [0.29, 0.717) is 6.54 Å². The highest BCUT2D eigenvalue weighted by Crippen LogP contribution is 2.30. The molecule has 1 aliphatic rings. The van der Waals surface area contributed by atoms with Crippen LogP contribution in [0.25, 0.3) is 0 Å². The van der Waals surface area contributed by atoms with E-state index in [1.165, 1.54) is 19.3 Å². The van der Waals surface area contributed by atoms with Crippen molar-refractivity contribution < 1.29 is 0 Å². The van der Waals surface area contributed by atoms with Crippen molar-refractivity contribution in [2.24, 2.45) is 5.73 Å². The molecule has 3 N–H and O–H groups in total. The third-order valence-electron chi connectivity index (χ3n) is 3.68. The zero-order valence-electron chi connectivity index (χ0n) is 10.6. The number of nitrogens with two attached hydrogens (primary N) is 1. The van der Waals surface area contributed by atoms with Crippen LogP contribution in [0.15, 0.2) is 12.4 Å². The number of rotatable bonds is 4. The number of nitrogens with one attached hydrogen (secondary N) is 1. The van der Waals surface area contributed by atoms with Crippen LogP contribution in [0.4, 0.5) is 5.82 Å². The molecule has 0 atom stereocenters. The van der Waals surface area contributed by atoms with Crippen LogP contribution in [-0.2, 0) is 6.42 Å². The largest absolute Gasteiger partial charge is 0.363 e. The molecule has 0 spiro atoms. The summed E-state index contributed by atoms with van der Waals surface area (Å²) >= 11 is 0. The highest BCUT2D eigenvalue weighted by Gasteiger charge is 2.30. The van der Waals surface area contributed by atoms with Gasteiger partial charge in [-0.3, -0.25) is 0 Å². The lowest BCUT2D eigenvalue weighted by molar-refractivity contribution is 0.330. The van der Waals surface area contributed by atoms with Gasteiger partial charge in [0.15, 0.2) is 0 Å². The maximum absolute atomic E-state index is 5.95. The minimum Gasteiger partial charge on any atom is -0.363 e. The molecule has 0 saturated heterocycles. The Labute approximate surface area is 103 Å². The summed E-state index contributed by atoms with van der Waals surface area (Å²) in [7, 11) is 0. The standard InChI is InChI=1S/C13H22N4/c1-2-11-8-12(16-10-15-11)17-13(9-14)6-4-3-5-7-13/h8,10H,2-7,9,14H2,1H3,(H,15,16,17). The fourth-order valence-electron chi connectivity index (χ4n) is 2.54. The molecule has 0 amide bonds. The smallest absolute Gasteiger partial charge is 0.130 e. The van der Waals surface area contributed by atoms with Crippen molar-refractivity contribution in [2.75, 3.05) is 11.9 Å². The molecule has 0 bridgehead atoms. The number of aromatic nitrogens is 2. The minimum absolute atomic E-state index is 0.0532. The molecule has 2 rings (SSSR count). The lowest BCUT2D eigenvalue weighted by Crippen LogP contribution is -2.47. The maximum atomic E-state index is 5.95. The molecule has 0 aromatic carbocycles. The summed E-state index contributed by atoms with van der Waals surface area (Å²) in [6, 6.07) is 2.03. The van der Waals surface area contributed by atoms with Crippen molar-refractivity contribution in [3.8, 4) is 0 Å². The predicted octanol–water partition coefficient (Wildman–Crippen LogP) is 2.11. The van der Waals surface area contributed by atoms with Gasteiger partial charge in [0.25, 0.3) is 0 Å². The van der Waals surface area contributed by atoms with Gasteiger partial charge in [0.1, 0.15) is 12.1 Å². The van der Waals surface area contributed by atoms with Gasteiger partial charge < -0.3 is 11.1 Å². The third kappa shape index (κ3) is 2.94. The Bertz CT molecular complexity index is 358. The van der Waals surface area contributed by atoms with E-state index in [1.54, 1.807) is 6.33 Å². The van der Waals surface area contributed by atoms with Crippen LogP contribution >= 0.6 is 0 Å². The molecule has 0 radical (unpaired) electrons. The third-order valence-corrected chi connectivity index (χ3v) is 3.68. The summed E-state index contributed by atoms with van der Waals surface area (Å²) in [5.41, 5.74) is 7.08. The van der Waals surface area contributed by atoms with Crippen molar-refractivity contribution in [3.05, 3.63) is 18.1 Å². The topological polar surface area (TPSA) is 63.8 Å². The normalized spacial score (nSPS) is 18.9. The van der Waals surface area contributed by atoms with E-state index >= 15 is 0 Å². The van der Waals surface area contributed by atoms with E-state index in [9.17, 15) is 0 Å². The van der Waals surface area contributed by atoms with Gasteiger partial charge in [0.2, 0.25) is 0 Å². The number of aryl methyl sites for hydroxylation is 1. The molecule has 4 heteroatoms. The summed E-state index contributed by atoms with van der Waals surface area (Å²) in [6.07, 6.45) is 8.71. The molecule has 1 heterocycles. The van der Waals surface area contributed by atoms with Gasteiger partial charge >= 0.3 is 0 Å². The first-order valence-electron chi connectivity index (χ1n) is 6.57. The molecule has 94 valence electrons. The van der Waals surface area contributed by atoms with Gasteiger partial charge in [-0.2, -0.15) is 0 Å². The van der Waals surface area contributed by atoms with Crippen LogP contribution in [0, 0.1) is 0 Å². The van der Waals surface area contributed by atoms with Gasteiger partial charge in [-0.15, -0.1) is 0 Å². The first-order chi connectivity index (χ1) is 8.28. The van der Waals surface area contributed by atoms with E-state index in [0.717, 1.165) is 30.8 Å². The Balaban J connectivity index is 2.11. The van der Waals surface area contributed by atoms with Crippen molar-refractivity contribution in [3.63, 3.8) is 0 Å². The molecule has 1 saturated carbocycles. The Morgan fingerprint density at radius 3 is 2.71 bits per heavy atom. The molecular formula is C13H22N4. The predicted molar refractivity (Wildman–Crippen MR) is 69.9 cm³/mol. The SMILES string of the molecule is CCc1cc(NC2(CN)CCCCC2)ncn1. The number of nitrogens with zero attached hydrogens (tertiary/aromatic N) is 2. The van der Waals surface area contributed by atoms with E-state index in [1.807, 2.05) is 6.07 Å². The Morgan fingerprint density at radius 2 is 2.06 bits per heavy atom. The summed E-state index contributed by atoms with van der Waals surface area (Å²) in [4.78, 5) is 8.51. The second-order valence-corrected chi connectivity index (χ2v) is 4.92. The van der Waals surface area contributed by atoms with Gasteiger partial charge in [0, 0.05) is 18.3 Å². The Morgan fingerprint density at radius 1 is 1.29 bits per heavy atom. The lowest BCUT2D eigenvalue weighted by Gasteiger charge is -2.37. The molecule has 1 aliphatic carbocycles. The minimum atomic E-state index is 0.0532. The van der Waals surface area contributed by atoms with Crippen molar-refractivity contribution in [1.82, 2.24) is 9.97 Å². The lowest BCUT2D eigenvalue weighted by atomic mass is 9.81. The van der Waals surface area contributed by atoms with E-state index in [2.05, 4.69) is 22.2 Å². The number of hydrogen-bond donors (Lipinski definition) is 2. The number of hydrogen-bond acceptors (Lipinski definition) is 4. The summed E-state index contributed by atoms with van der Waals surface area (Å²) in [5.74, 6) is 0.921. The number of anilines is 1. The van der Waals surface area contributed by atoms with Gasteiger partial charge in [-0.1, -0.05) is 26.2 Å². The molecule has 1 fully saturated rings. The molecule has 0 aliphatic heterocycles. The zero-order valence-corrected chi connectivity index (χ0v) is 10.6. The first-order valence-corrected chi connectivity index (χ1v) is 6.57. The van der Waals surface area contributed by atoms with Crippen molar-refractivity contribution >= 4 is 5.82 Å². The second-order valence-electron chi connectivity index (χ2n) is 4.92. The summed E-state index contributed by atoms with van der Waals surface area (Å²) < 4.78 is 0. The zero-order chi connectivity index (χ0) is 12.1. The van der Waals surface area contributed by atoms with Gasteiger partial charge in [0.05, 0.1) is 5.54 Å². The average Bonchev–Trinajstić information content (AvgIpc) is 2.40. The highest BCUT2D eigenvalue weighted by molar-refractivity contribution is 5.38. The highest BCUT2D eigenvalue weighted by atomic mass is 15.1. The Hall–Kier alpha value is -1.16. The summed E-state index contributed by atoms with van der Waals surface area (Å²) in [6.45, 7) is 2.78. The fourth-order valence-corrected chi connectivity index (χ4v) is 2.54. The second kappa shape index (κ2) is 5.45. The van der Waals surface area contributed by atoms with E-state index < -0.39 is 0 Å². The molecule has 0 unspecified atom stereocenters. The quantitative estimate of drug-likeness (QED) is 0.837. The van der Waals surface area contributed by atoms with Crippen LogP contribution < -0.4 is 11.1 Å². The average molecular weight is 234 g/mol. The van der Waals surface area contributed by atoms with Gasteiger partial charge in [-0.25, -0.2) is 9.97 Å². The van der Waals surface area contributed by atoms with E-state index in [4.69, 9.17) is 5.73 Å². The van der Waals surface area contributed by atoms with Crippen molar-refractivity contribution in [1.29, 1.82) is 0 Å². The first kappa shape index (κ1) is 12.3. The summed E-state index contributed by atoms with van der Waals surface area (Å²) in [5, 5.41) is 3.54. The molecule has 1 aromatic heterocycles. The van der Waals surface area contributed by atoms with Crippen LogP contribution in [0.1, 0.15) is 44.7 Å². The Kier molecular flexibility index (Phi) is 3.94. The van der Waals surface area contributed by atoms with Crippen molar-refractivity contribution in [2.45, 2.75) is 51.0 Å². The van der Waals surface area contributed by atoms with Crippen LogP contribution in [0.3, 0.4) is 0 Å². The molecule has 4 nitrogen and oxygen atoms in total. The fraction of sp³-hybridized carbons (Fsp3) is 0.692. The van der Waals surface area contributed by atoms with Crippen LogP contribution in [-0.4, -0.2) is 22.1 Å². The molecule has 17 heavy (non-hydrogen) atoms. The molecule has 1 aromatic rings. The molecular weight excluding hydrogens is 212 g/mol. The van der Waals surface area contributed by atoms with Gasteiger partial charge in [-0.05, 0) is 19.3 Å². The maximum Gasteiger partial charge on any atom is 0.130 e. The monoisotopic (exact) mass is 234 g/mol. The van der Waals surface area contributed by atoms with E-state index in [-0.39, 0.29) is 5.54 Å². The van der Waals surface area contributed by atoms with Crippen LogP contribution in [0.2, 0.25) is 0 Å².